The molecule has 5 nitrogen and oxygen atoms in total. The predicted octanol–water partition coefficient (Wildman–Crippen LogP) is 2.21. The van der Waals surface area contributed by atoms with E-state index in [1.807, 2.05) is 4.90 Å². The van der Waals surface area contributed by atoms with Crippen molar-refractivity contribution in [1.29, 1.82) is 0 Å². The third-order valence-electron chi connectivity index (χ3n) is 4.75. The smallest absolute Gasteiger partial charge is 0.229 e. The van der Waals surface area contributed by atoms with Crippen LogP contribution in [0.5, 0.6) is 0 Å². The predicted molar refractivity (Wildman–Crippen MR) is 92.2 cm³/mol. The Morgan fingerprint density at radius 3 is 2.61 bits per heavy atom. The molecular formula is C17H21N3O2S. The van der Waals surface area contributed by atoms with Gasteiger partial charge in [-0.2, -0.15) is 0 Å². The number of fused-ring (bicyclic) bond motifs is 1. The molecule has 0 spiro atoms. The molecular weight excluding hydrogens is 310 g/mol. The molecule has 1 amide bonds. The molecule has 1 aromatic heterocycles. The zero-order chi connectivity index (χ0) is 16.0. The highest BCUT2D eigenvalue weighted by Crippen LogP contribution is 2.36. The Hall–Kier alpha value is -1.66. The van der Waals surface area contributed by atoms with Crippen LogP contribution in [0.1, 0.15) is 11.1 Å². The number of benzene rings is 1. The van der Waals surface area contributed by atoms with Crippen molar-refractivity contribution in [2.24, 2.45) is 5.92 Å². The molecule has 2 aliphatic heterocycles. The van der Waals surface area contributed by atoms with Gasteiger partial charge in [0.15, 0.2) is 5.13 Å². The second-order valence-corrected chi connectivity index (χ2v) is 7.39. The van der Waals surface area contributed by atoms with Gasteiger partial charge in [0.2, 0.25) is 5.91 Å². The van der Waals surface area contributed by atoms with Crippen molar-refractivity contribution >= 4 is 32.6 Å². The maximum absolute atomic E-state index is 12.5. The van der Waals surface area contributed by atoms with Crippen LogP contribution in [-0.4, -0.2) is 55.2 Å². The van der Waals surface area contributed by atoms with Crippen LogP contribution >= 0.6 is 11.3 Å². The average molecular weight is 331 g/mol. The van der Waals surface area contributed by atoms with Crippen LogP contribution in [0.2, 0.25) is 0 Å². The first-order valence-corrected chi connectivity index (χ1v) is 8.93. The van der Waals surface area contributed by atoms with Crippen LogP contribution in [0.15, 0.2) is 12.1 Å². The number of hydrogen-bond acceptors (Lipinski definition) is 5. The summed E-state index contributed by atoms with van der Waals surface area (Å²) in [5.74, 6) is 0.389. The van der Waals surface area contributed by atoms with Crippen LogP contribution in [0.3, 0.4) is 0 Å². The molecule has 6 heteroatoms. The number of thiazole rings is 1. The molecule has 2 aromatic rings. The SMILES string of the molecule is Cc1ccc(C)c2sc(N3CC(C(=O)N4CCOCC4)C3)nc12. The van der Waals surface area contributed by atoms with Crippen molar-refractivity contribution in [1.82, 2.24) is 9.88 Å². The number of anilines is 1. The number of hydrogen-bond donors (Lipinski definition) is 0. The second kappa shape index (κ2) is 5.76. The Bertz CT molecular complexity index is 707. The van der Waals surface area contributed by atoms with Crippen molar-refractivity contribution in [3.05, 3.63) is 23.3 Å². The average Bonchev–Trinajstić information content (AvgIpc) is 2.96. The number of aryl methyl sites for hydroxylation is 2. The van der Waals surface area contributed by atoms with Crippen LogP contribution < -0.4 is 4.90 Å². The van der Waals surface area contributed by atoms with Gasteiger partial charge in [-0.1, -0.05) is 23.5 Å². The summed E-state index contributed by atoms with van der Waals surface area (Å²) in [6, 6.07) is 4.28. The molecule has 2 fully saturated rings. The van der Waals surface area contributed by atoms with Gasteiger partial charge in [0.25, 0.3) is 0 Å². The topological polar surface area (TPSA) is 45.7 Å². The van der Waals surface area contributed by atoms with Crippen molar-refractivity contribution in [3.8, 4) is 0 Å². The van der Waals surface area contributed by atoms with Gasteiger partial charge < -0.3 is 14.5 Å². The third-order valence-corrected chi connectivity index (χ3v) is 6.01. The van der Waals surface area contributed by atoms with Crippen molar-refractivity contribution in [2.45, 2.75) is 13.8 Å². The zero-order valence-corrected chi connectivity index (χ0v) is 14.4. The lowest BCUT2D eigenvalue weighted by Crippen LogP contribution is -2.56. The fourth-order valence-corrected chi connectivity index (χ4v) is 4.35. The zero-order valence-electron chi connectivity index (χ0n) is 13.5. The van der Waals surface area contributed by atoms with E-state index < -0.39 is 0 Å². The van der Waals surface area contributed by atoms with Gasteiger partial charge in [-0.25, -0.2) is 4.98 Å². The summed E-state index contributed by atoms with van der Waals surface area (Å²) in [5.41, 5.74) is 3.60. The lowest BCUT2D eigenvalue weighted by atomic mass is 9.99. The largest absolute Gasteiger partial charge is 0.378 e. The summed E-state index contributed by atoms with van der Waals surface area (Å²) in [7, 11) is 0. The highest BCUT2D eigenvalue weighted by atomic mass is 32.1. The number of carbonyl (C=O) groups is 1. The molecule has 2 aliphatic rings. The highest BCUT2D eigenvalue weighted by molar-refractivity contribution is 7.22. The van der Waals surface area contributed by atoms with Crippen molar-refractivity contribution in [3.63, 3.8) is 0 Å². The summed E-state index contributed by atoms with van der Waals surface area (Å²) in [6.07, 6.45) is 0. The van der Waals surface area contributed by atoms with Gasteiger partial charge in [-0.05, 0) is 25.0 Å². The van der Waals surface area contributed by atoms with Crippen LogP contribution in [0, 0.1) is 19.8 Å². The lowest BCUT2D eigenvalue weighted by molar-refractivity contribution is -0.140. The maximum Gasteiger partial charge on any atom is 0.229 e. The summed E-state index contributed by atoms with van der Waals surface area (Å²) in [6.45, 7) is 8.60. The standard InChI is InChI=1S/C17H21N3O2S/c1-11-3-4-12(2)15-14(11)18-17(23-15)20-9-13(10-20)16(21)19-5-7-22-8-6-19/h3-4,13H,5-10H2,1-2H3. The number of rotatable bonds is 2. The van der Waals surface area contributed by atoms with E-state index in [2.05, 4.69) is 30.9 Å². The molecule has 1 aromatic carbocycles. The van der Waals surface area contributed by atoms with Crippen molar-refractivity contribution in [2.75, 3.05) is 44.3 Å². The first-order valence-electron chi connectivity index (χ1n) is 8.11. The number of nitrogens with zero attached hydrogens (tertiary/aromatic N) is 3. The summed E-state index contributed by atoms with van der Waals surface area (Å²) < 4.78 is 6.58. The molecule has 23 heavy (non-hydrogen) atoms. The maximum atomic E-state index is 12.5. The second-order valence-electron chi connectivity index (χ2n) is 6.41. The quantitative estimate of drug-likeness (QED) is 0.846. The number of ether oxygens (including phenoxy) is 1. The number of amides is 1. The number of morpholine rings is 1. The summed E-state index contributed by atoms with van der Waals surface area (Å²) in [5, 5.41) is 1.04. The Balaban J connectivity index is 1.46. The minimum Gasteiger partial charge on any atom is -0.378 e. The first kappa shape index (κ1) is 14.9. The van der Waals surface area contributed by atoms with Crippen LogP contribution in [0.4, 0.5) is 5.13 Å². The summed E-state index contributed by atoms with van der Waals surface area (Å²) in [4.78, 5) is 21.4. The molecule has 4 rings (SSSR count). The molecule has 0 aliphatic carbocycles. The van der Waals surface area contributed by atoms with Gasteiger partial charge in [0.1, 0.15) is 0 Å². The summed E-state index contributed by atoms with van der Waals surface area (Å²) >= 11 is 1.74. The molecule has 3 heterocycles. The molecule has 0 bridgehead atoms. The monoisotopic (exact) mass is 331 g/mol. The fraction of sp³-hybridized carbons (Fsp3) is 0.529. The molecule has 0 saturated carbocycles. The molecule has 0 unspecified atom stereocenters. The molecule has 122 valence electrons. The van der Waals surface area contributed by atoms with E-state index in [4.69, 9.17) is 9.72 Å². The lowest BCUT2D eigenvalue weighted by Gasteiger charge is -2.41. The number of carbonyl (C=O) groups excluding carboxylic acids is 1. The van der Waals surface area contributed by atoms with Gasteiger partial charge in [0.05, 0.1) is 29.3 Å². The van der Waals surface area contributed by atoms with E-state index in [0.29, 0.717) is 13.2 Å². The normalized spacial score (nSPS) is 19.2. The third kappa shape index (κ3) is 2.60. The van der Waals surface area contributed by atoms with Crippen molar-refractivity contribution < 1.29 is 9.53 Å². The Kier molecular flexibility index (Phi) is 3.73. The molecule has 0 atom stereocenters. The Labute approximate surface area is 139 Å². The van der Waals surface area contributed by atoms with Gasteiger partial charge in [-0.3, -0.25) is 4.79 Å². The molecule has 0 radical (unpaired) electrons. The van der Waals surface area contributed by atoms with Gasteiger partial charge in [0, 0.05) is 26.2 Å². The van der Waals surface area contributed by atoms with E-state index in [1.54, 1.807) is 11.3 Å². The Morgan fingerprint density at radius 1 is 1.22 bits per heavy atom. The minimum atomic E-state index is 0.113. The van der Waals surface area contributed by atoms with Gasteiger partial charge in [-0.15, -0.1) is 0 Å². The van der Waals surface area contributed by atoms with Crippen LogP contribution in [0.25, 0.3) is 10.2 Å². The van der Waals surface area contributed by atoms with Gasteiger partial charge >= 0.3 is 0 Å². The Morgan fingerprint density at radius 2 is 1.91 bits per heavy atom. The van der Waals surface area contributed by atoms with E-state index in [9.17, 15) is 4.79 Å². The number of aromatic nitrogens is 1. The highest BCUT2D eigenvalue weighted by Gasteiger charge is 2.37. The fourth-order valence-electron chi connectivity index (χ4n) is 3.22. The first-order chi connectivity index (χ1) is 11.1. The minimum absolute atomic E-state index is 0.113. The molecule has 0 N–H and O–H groups in total. The van der Waals surface area contributed by atoms with E-state index in [-0.39, 0.29) is 11.8 Å². The van der Waals surface area contributed by atoms with E-state index in [1.165, 1.54) is 15.8 Å². The molecule has 2 saturated heterocycles. The van der Waals surface area contributed by atoms with E-state index in [0.717, 1.165) is 36.8 Å². The van der Waals surface area contributed by atoms with Crippen LogP contribution in [-0.2, 0) is 9.53 Å². The van der Waals surface area contributed by atoms with E-state index >= 15 is 0 Å².